The van der Waals surface area contributed by atoms with Gasteiger partial charge >= 0.3 is 12.1 Å². The molecule has 1 aliphatic carbocycles. The zero-order valence-corrected chi connectivity index (χ0v) is 23.2. The minimum absolute atomic E-state index is 0.131. The van der Waals surface area contributed by atoms with E-state index in [1.807, 2.05) is 6.07 Å². The lowest BCUT2D eigenvalue weighted by Crippen LogP contribution is -2.59. The molecule has 212 valence electrons. The lowest BCUT2D eigenvalue weighted by Gasteiger charge is -2.53. The first kappa shape index (κ1) is 29.7. The van der Waals surface area contributed by atoms with Crippen molar-refractivity contribution in [2.45, 2.75) is 82.2 Å². The third kappa shape index (κ3) is 5.93. The number of amides is 1. The van der Waals surface area contributed by atoms with E-state index in [-0.39, 0.29) is 25.7 Å². The standard InChI is InChI=1S/C29H32Cl2F3NO4/c1-3-22(14-28(39,19-9-10-19)29(32,33)34)35-25(17-7-11-20(30)12-8-17)23(18-5-4-6-21(31)13-18)15-27(2,26(35)38)16-24(36)37/h4-8,11-13,19,22-23,25,39H,3,9-10,14-16H2,1-2H3,(H,36,37)/t22?,23-,25?,27-,28?/m1/s1. The zero-order chi connectivity index (χ0) is 28.8. The summed E-state index contributed by atoms with van der Waals surface area (Å²) in [5.74, 6) is -3.15. The normalized spacial score (nSPS) is 26.3. The van der Waals surface area contributed by atoms with Gasteiger partial charge in [0.25, 0.3) is 0 Å². The van der Waals surface area contributed by atoms with Crippen LogP contribution in [0.5, 0.6) is 0 Å². The van der Waals surface area contributed by atoms with Crippen molar-refractivity contribution in [1.82, 2.24) is 4.90 Å². The van der Waals surface area contributed by atoms with Crippen molar-refractivity contribution in [2.24, 2.45) is 11.3 Å². The van der Waals surface area contributed by atoms with Crippen LogP contribution in [0.3, 0.4) is 0 Å². The molecule has 3 unspecified atom stereocenters. The summed E-state index contributed by atoms with van der Waals surface area (Å²) in [5.41, 5.74) is -2.97. The van der Waals surface area contributed by atoms with Crippen LogP contribution < -0.4 is 0 Å². The highest BCUT2D eigenvalue weighted by Gasteiger charge is 2.63. The minimum Gasteiger partial charge on any atom is -0.481 e. The molecule has 1 saturated heterocycles. The molecule has 2 fully saturated rings. The summed E-state index contributed by atoms with van der Waals surface area (Å²) in [6.07, 6.45) is -5.29. The summed E-state index contributed by atoms with van der Waals surface area (Å²) in [6.45, 7) is 3.23. The molecule has 39 heavy (non-hydrogen) atoms. The summed E-state index contributed by atoms with van der Waals surface area (Å²) in [6, 6.07) is 12.0. The van der Waals surface area contributed by atoms with E-state index >= 15 is 0 Å². The van der Waals surface area contributed by atoms with Crippen LogP contribution in [-0.2, 0) is 9.59 Å². The van der Waals surface area contributed by atoms with E-state index in [0.717, 1.165) is 5.56 Å². The number of rotatable bonds is 9. The van der Waals surface area contributed by atoms with E-state index in [1.54, 1.807) is 56.3 Å². The van der Waals surface area contributed by atoms with Crippen LogP contribution >= 0.6 is 23.2 Å². The minimum atomic E-state index is -4.88. The quantitative estimate of drug-likeness (QED) is 0.321. The SMILES string of the molecule is CCC(CC(O)(C1CC1)C(F)(F)F)N1C(=O)[C@@](C)(CC(=O)O)C[C@H](c2cccc(Cl)c2)C1c1ccc(Cl)cc1. The van der Waals surface area contributed by atoms with Crippen LogP contribution in [-0.4, -0.2) is 44.8 Å². The van der Waals surface area contributed by atoms with Crippen molar-refractivity contribution in [3.8, 4) is 0 Å². The van der Waals surface area contributed by atoms with Crippen LogP contribution in [0.25, 0.3) is 0 Å². The summed E-state index contributed by atoms with van der Waals surface area (Å²) in [7, 11) is 0. The number of aliphatic carboxylic acids is 1. The van der Waals surface area contributed by atoms with Crippen LogP contribution in [0, 0.1) is 11.3 Å². The fourth-order valence-corrected chi connectivity index (χ4v) is 6.48. The van der Waals surface area contributed by atoms with Crippen LogP contribution in [0.15, 0.2) is 48.5 Å². The number of carbonyl (C=O) groups excluding carboxylic acids is 1. The van der Waals surface area contributed by atoms with Crippen molar-refractivity contribution in [1.29, 1.82) is 0 Å². The van der Waals surface area contributed by atoms with Crippen molar-refractivity contribution < 1.29 is 33.0 Å². The number of likely N-dealkylation sites (tertiary alicyclic amines) is 1. The Balaban J connectivity index is 1.90. The molecular weight excluding hydrogens is 554 g/mol. The van der Waals surface area contributed by atoms with E-state index in [1.165, 1.54) is 4.90 Å². The topological polar surface area (TPSA) is 77.8 Å². The molecule has 5 nitrogen and oxygen atoms in total. The fraction of sp³-hybridized carbons (Fsp3) is 0.517. The monoisotopic (exact) mass is 585 g/mol. The van der Waals surface area contributed by atoms with E-state index in [0.29, 0.717) is 15.6 Å². The number of carbonyl (C=O) groups is 2. The largest absolute Gasteiger partial charge is 0.481 e. The Bertz CT molecular complexity index is 1220. The Morgan fingerprint density at radius 1 is 1.10 bits per heavy atom. The summed E-state index contributed by atoms with van der Waals surface area (Å²) >= 11 is 12.5. The molecule has 0 aromatic heterocycles. The van der Waals surface area contributed by atoms with Gasteiger partial charge in [0.1, 0.15) is 0 Å². The molecule has 2 aliphatic rings. The predicted octanol–water partition coefficient (Wildman–Crippen LogP) is 7.40. The van der Waals surface area contributed by atoms with Crippen LogP contribution in [0.2, 0.25) is 10.0 Å². The first-order valence-electron chi connectivity index (χ1n) is 13.0. The Kier molecular flexibility index (Phi) is 8.33. The van der Waals surface area contributed by atoms with Gasteiger partial charge in [-0.3, -0.25) is 9.59 Å². The number of carboxylic acids is 1. The van der Waals surface area contributed by atoms with Crippen molar-refractivity contribution >= 4 is 35.1 Å². The maximum atomic E-state index is 14.3. The van der Waals surface area contributed by atoms with Gasteiger partial charge in [0.2, 0.25) is 5.91 Å². The van der Waals surface area contributed by atoms with Gasteiger partial charge in [0, 0.05) is 28.4 Å². The Morgan fingerprint density at radius 3 is 2.26 bits per heavy atom. The van der Waals surface area contributed by atoms with Crippen LogP contribution in [0.1, 0.15) is 75.5 Å². The zero-order valence-electron chi connectivity index (χ0n) is 21.7. The van der Waals surface area contributed by atoms with Gasteiger partial charge in [-0.15, -0.1) is 0 Å². The second-order valence-corrected chi connectivity index (χ2v) is 12.0. The average molecular weight is 586 g/mol. The molecule has 4 rings (SSSR count). The van der Waals surface area contributed by atoms with Crippen molar-refractivity contribution in [3.05, 3.63) is 69.7 Å². The lowest BCUT2D eigenvalue weighted by atomic mass is 9.66. The Morgan fingerprint density at radius 2 is 1.74 bits per heavy atom. The number of alkyl halides is 3. The second kappa shape index (κ2) is 10.9. The van der Waals surface area contributed by atoms with E-state index in [4.69, 9.17) is 23.2 Å². The number of hydrogen-bond donors (Lipinski definition) is 2. The maximum Gasteiger partial charge on any atom is 0.417 e. The van der Waals surface area contributed by atoms with Gasteiger partial charge in [-0.1, -0.05) is 61.3 Å². The van der Waals surface area contributed by atoms with Crippen molar-refractivity contribution in [3.63, 3.8) is 0 Å². The second-order valence-electron chi connectivity index (χ2n) is 11.2. The lowest BCUT2D eigenvalue weighted by molar-refractivity contribution is -0.275. The number of halogens is 5. The molecule has 5 atom stereocenters. The van der Waals surface area contributed by atoms with Crippen LogP contribution in [0.4, 0.5) is 13.2 Å². The Hall–Kier alpha value is -2.29. The smallest absolute Gasteiger partial charge is 0.417 e. The number of carboxylic acid groups (broad SMARTS) is 1. The molecular formula is C29H32Cl2F3NO4. The molecule has 1 saturated carbocycles. The van der Waals surface area contributed by atoms with E-state index < -0.39 is 65.8 Å². The van der Waals surface area contributed by atoms with E-state index in [9.17, 15) is 33.0 Å². The number of hydrogen-bond acceptors (Lipinski definition) is 3. The summed E-state index contributed by atoms with van der Waals surface area (Å²) in [4.78, 5) is 27.6. The molecule has 2 aromatic carbocycles. The fourth-order valence-electron chi connectivity index (χ4n) is 6.15. The molecule has 0 spiro atoms. The van der Waals surface area contributed by atoms with Gasteiger partial charge in [-0.25, -0.2) is 0 Å². The number of piperidine rings is 1. The molecule has 0 radical (unpaired) electrons. The molecule has 0 bridgehead atoms. The van der Waals surface area contributed by atoms with Crippen molar-refractivity contribution in [2.75, 3.05) is 0 Å². The summed E-state index contributed by atoms with van der Waals surface area (Å²) < 4.78 is 42.8. The average Bonchev–Trinajstić information content (AvgIpc) is 3.70. The molecule has 1 aliphatic heterocycles. The maximum absolute atomic E-state index is 14.3. The Labute approximate surface area is 235 Å². The third-order valence-corrected chi connectivity index (χ3v) is 8.77. The number of benzene rings is 2. The molecule has 2 aromatic rings. The third-order valence-electron chi connectivity index (χ3n) is 8.29. The number of aliphatic hydroxyl groups is 1. The highest BCUT2D eigenvalue weighted by Crippen LogP contribution is 2.55. The van der Waals surface area contributed by atoms with Gasteiger partial charge < -0.3 is 15.1 Å². The molecule has 1 heterocycles. The highest BCUT2D eigenvalue weighted by molar-refractivity contribution is 6.30. The van der Waals surface area contributed by atoms with Gasteiger partial charge in [-0.05, 0) is 67.0 Å². The van der Waals surface area contributed by atoms with Gasteiger partial charge in [0.15, 0.2) is 5.60 Å². The first-order chi connectivity index (χ1) is 18.2. The number of nitrogens with zero attached hydrogens (tertiary/aromatic N) is 1. The predicted molar refractivity (Wildman–Crippen MR) is 143 cm³/mol. The van der Waals surface area contributed by atoms with Gasteiger partial charge in [-0.2, -0.15) is 13.2 Å². The highest BCUT2D eigenvalue weighted by atomic mass is 35.5. The van der Waals surface area contributed by atoms with Gasteiger partial charge in [0.05, 0.1) is 17.9 Å². The van der Waals surface area contributed by atoms with E-state index in [2.05, 4.69) is 0 Å². The molecule has 1 amide bonds. The molecule has 10 heteroatoms. The first-order valence-corrected chi connectivity index (χ1v) is 13.8. The summed E-state index contributed by atoms with van der Waals surface area (Å²) in [5, 5.41) is 21.6. The molecule has 2 N–H and O–H groups in total.